The molecular weight excluding hydrogens is 1740 g/mol. The highest BCUT2D eigenvalue weighted by molar-refractivity contribution is 6.47. The number of fused-ring (bicyclic) bond motifs is 4. The number of piperazine rings is 4. The Balaban J connectivity index is 0.000000131. The molecule has 11 aromatic heterocycles. The van der Waals surface area contributed by atoms with Crippen molar-refractivity contribution in [3.63, 3.8) is 0 Å². The molecule has 8 amide bonds. The summed E-state index contributed by atoms with van der Waals surface area (Å²) >= 11 is 0. The number of nitrogens with zero attached hydrogens (tertiary/aromatic N) is 24. The Bertz CT molecular complexity index is 7080. The van der Waals surface area contributed by atoms with Crippen molar-refractivity contribution in [2.24, 2.45) is 14.1 Å². The number of H-pyrrole nitrogens is 5. The van der Waals surface area contributed by atoms with Crippen LogP contribution in [-0.2, 0) is 38.1 Å². The van der Waals surface area contributed by atoms with Gasteiger partial charge in [-0.05, 0) is 57.3 Å². The number of nitriles is 1. The molecule has 4 saturated heterocycles. The van der Waals surface area contributed by atoms with E-state index in [1.54, 1.807) is 119 Å². The van der Waals surface area contributed by atoms with E-state index in [2.05, 4.69) is 97.5 Å². The predicted molar refractivity (Wildman–Crippen MR) is 476 cm³/mol. The van der Waals surface area contributed by atoms with Crippen molar-refractivity contribution in [3.05, 3.63) is 221 Å². The number of carbonyl (C=O) groups is 12. The first kappa shape index (κ1) is 90.2. The maximum Gasteiger partial charge on any atom is 0.311 e. The number of amides is 8. The number of pyridine rings is 4. The number of rotatable bonds is 19. The lowest BCUT2D eigenvalue weighted by Gasteiger charge is -2.34. The van der Waals surface area contributed by atoms with Crippen LogP contribution in [0, 0.1) is 17.4 Å². The number of nitrogens with one attached hydrogen (secondary N) is 5. The van der Waals surface area contributed by atoms with E-state index in [-0.39, 0.29) is 116 Å². The van der Waals surface area contributed by atoms with Gasteiger partial charge in [0.05, 0.1) is 132 Å². The Morgan fingerprint density at radius 1 is 0.400 bits per heavy atom. The van der Waals surface area contributed by atoms with Crippen molar-refractivity contribution in [2.45, 2.75) is 0 Å². The average Bonchev–Trinajstić information content (AvgIpc) is 1.63. The normalized spacial score (nSPS) is 14.1. The molecular formula is C90H82N29O16+. The van der Waals surface area contributed by atoms with Gasteiger partial charge in [0.15, 0.2) is 11.3 Å². The highest BCUT2D eigenvalue weighted by atomic mass is 16.5. The summed E-state index contributed by atoms with van der Waals surface area (Å²) in [5.74, 6) is -3.56. The SMILES string of the molecule is COc1cnc(-c2nn[nH]n2)c2[nH]cc(C(=O)C(=O)N3CCN(C(=O)c4ccccc4)CC3)c12.COc1cnc(-c2nnn(C)n2)c2[nH]cc(C(=O)C(=O)N3CCN(C(=O)C4=CC=C[C+]=C4)CC3)c12.COc1cnc(-c2nnnn2C)c2[nH]cc(C(=O)C(=O)N3CCN(C(=O)c4ccccc4)CC3)c12.COc1cnc(C#N)c2[nH]cc(C(=O)C(=O)N3CCN(C(=O)c4ccccc4)CC3)c12. The maximum absolute atomic E-state index is 13.3. The van der Waals surface area contributed by atoms with Gasteiger partial charge >= 0.3 is 5.91 Å². The van der Waals surface area contributed by atoms with E-state index in [0.717, 1.165) is 0 Å². The molecule has 0 atom stereocenters. The van der Waals surface area contributed by atoms with E-state index in [0.29, 0.717) is 164 Å². The number of hydrogen-bond acceptors (Lipinski definition) is 30. The highest BCUT2D eigenvalue weighted by Gasteiger charge is 2.39. The van der Waals surface area contributed by atoms with Gasteiger partial charge in [0.2, 0.25) is 17.5 Å². The molecule has 0 radical (unpaired) electrons. The Morgan fingerprint density at radius 2 is 0.748 bits per heavy atom. The van der Waals surface area contributed by atoms with Crippen LogP contribution in [0.4, 0.5) is 0 Å². The summed E-state index contributed by atoms with van der Waals surface area (Å²) in [4.78, 5) is 198. The standard InChI is InChI=1S/C23H22N8O4.C23H20N8O4.C22H20N8O4.C22H19N5O4/c1-29-21(26-27-28-29)19-18-17(16(35-2)13-25-19)15(12-24-18)20(32)23(34)31-10-8-30(9-11-31)22(33)14-6-4-3-5-7-14;1-29-27-21(26-28-29)19-18-17(16(35-2)13-25-19)15(12-24-18)20(32)23(34)31-10-8-30(9-11-31)22(33)14-6-4-3-5-7-14;1-34-15-12-24-18(20-25-27-28-26-20)17-16(15)14(11-23-17)19(31)22(33)30-9-7-29(8-10-30)21(32)13-5-3-2-4-6-13;1-31-17-13-24-16(11-23)19-18(17)15(12-25-19)20(28)22(30)27-9-7-26(8-10-27)21(29)14-5-3-2-4-6-14/h3-7,12-13,24H,8-11H2,1-2H3;3-4,6-7,12-13H,8-11H2,1-2H3;2-6,11-12,23H,7-10H2,1H3,(H,25,26,27,28);2-6,12-13,25H,7-10H2,1H3/p+1. The number of ketones is 4. The van der Waals surface area contributed by atoms with Crippen LogP contribution in [0.1, 0.15) is 78.2 Å². The second-order valence-electron chi connectivity index (χ2n) is 30.6. The predicted octanol–water partition coefficient (Wildman–Crippen LogP) is 3.93. The average molecular weight is 1830 g/mol. The summed E-state index contributed by atoms with van der Waals surface area (Å²) in [6.07, 6.45) is 21.2. The van der Waals surface area contributed by atoms with Gasteiger partial charge in [0.1, 0.15) is 58.3 Å². The second kappa shape index (κ2) is 39.9. The largest absolute Gasteiger partial charge is 0.494 e. The number of ether oxygens (including phenoxy) is 4. The van der Waals surface area contributed by atoms with E-state index >= 15 is 0 Å². The lowest BCUT2D eigenvalue weighted by molar-refractivity contribution is -0.134. The van der Waals surface area contributed by atoms with Crippen LogP contribution in [0.2, 0.25) is 0 Å². The van der Waals surface area contributed by atoms with Gasteiger partial charge in [-0.3, -0.25) is 57.5 Å². The van der Waals surface area contributed by atoms with Gasteiger partial charge in [-0.25, -0.2) is 24.6 Å². The van der Waals surface area contributed by atoms with Crippen LogP contribution in [0.5, 0.6) is 23.0 Å². The fourth-order valence-corrected chi connectivity index (χ4v) is 16.0. The molecule has 1 aliphatic carbocycles. The second-order valence-corrected chi connectivity index (χ2v) is 30.6. The van der Waals surface area contributed by atoms with Crippen molar-refractivity contribution < 1.29 is 76.5 Å². The Hall–Kier alpha value is -18.1. The van der Waals surface area contributed by atoms with Gasteiger partial charge in [0.25, 0.3) is 64.5 Å². The molecule has 19 rings (SSSR count). The Morgan fingerprint density at radius 3 is 1.08 bits per heavy atom. The molecule has 45 nitrogen and oxygen atoms in total. The summed E-state index contributed by atoms with van der Waals surface area (Å²) in [5, 5.41) is 48.0. The third-order valence-corrected chi connectivity index (χ3v) is 23.0. The highest BCUT2D eigenvalue weighted by Crippen LogP contribution is 2.38. The number of carbonyl (C=O) groups excluding carboxylic acids is 12. The summed E-state index contributed by atoms with van der Waals surface area (Å²) < 4.78 is 23.0. The molecule has 135 heavy (non-hydrogen) atoms. The lowest BCUT2D eigenvalue weighted by Crippen LogP contribution is -2.52. The van der Waals surface area contributed by atoms with Gasteiger partial charge in [-0.1, -0.05) is 54.6 Å². The number of Topliss-reactive ketones (excluding diaryl/α,β-unsaturated/α-hetero) is 4. The first-order valence-electron chi connectivity index (χ1n) is 42.0. The van der Waals surface area contributed by atoms with Gasteiger partial charge in [-0.2, -0.15) is 15.3 Å². The van der Waals surface area contributed by atoms with Crippen molar-refractivity contribution in [2.75, 3.05) is 133 Å². The monoisotopic (exact) mass is 1820 g/mol. The molecule has 5 aliphatic rings. The molecule has 45 heteroatoms. The third kappa shape index (κ3) is 18.4. The minimum atomic E-state index is -0.706. The zero-order chi connectivity index (χ0) is 94.7. The van der Waals surface area contributed by atoms with E-state index in [9.17, 15) is 62.8 Å². The zero-order valence-electron chi connectivity index (χ0n) is 73.2. The van der Waals surface area contributed by atoms with E-state index < -0.39 is 46.8 Å². The van der Waals surface area contributed by atoms with Crippen LogP contribution in [-0.4, -0.2) is 344 Å². The van der Waals surface area contributed by atoms with Crippen LogP contribution >= 0.6 is 0 Å². The molecule has 4 aliphatic heterocycles. The lowest BCUT2D eigenvalue weighted by atomic mass is 10.1. The van der Waals surface area contributed by atoms with Gasteiger partial charge in [-0.15, -0.1) is 25.5 Å². The minimum Gasteiger partial charge on any atom is -0.494 e. The first-order valence-corrected chi connectivity index (χ1v) is 42.0. The van der Waals surface area contributed by atoms with Crippen LogP contribution in [0.25, 0.3) is 78.2 Å². The quantitative estimate of drug-likeness (QED) is 0.0435. The number of aryl methyl sites for hydroxylation is 2. The number of tetrazole rings is 3. The zero-order valence-corrected chi connectivity index (χ0v) is 73.2. The number of allylic oxidation sites excluding steroid dienone is 4. The van der Waals surface area contributed by atoms with E-state index in [1.165, 1.54) is 107 Å². The van der Waals surface area contributed by atoms with E-state index in [1.807, 2.05) is 36.4 Å². The van der Waals surface area contributed by atoms with Crippen molar-refractivity contribution >= 4 is 114 Å². The molecule has 0 unspecified atom stereocenters. The molecule has 0 bridgehead atoms. The summed E-state index contributed by atoms with van der Waals surface area (Å²) in [7, 11) is 9.11. The Labute approximate surface area is 764 Å². The number of aromatic amines is 5. The first-order chi connectivity index (χ1) is 65.6. The molecule has 0 saturated carbocycles. The summed E-state index contributed by atoms with van der Waals surface area (Å²) in [6.45, 7) is 4.79. The van der Waals surface area contributed by atoms with Gasteiger partial charge in [0, 0.05) is 165 Å². The van der Waals surface area contributed by atoms with Crippen LogP contribution < -0.4 is 18.9 Å². The van der Waals surface area contributed by atoms with Crippen molar-refractivity contribution in [3.8, 4) is 63.6 Å². The molecule has 14 aromatic rings. The fourth-order valence-electron chi connectivity index (χ4n) is 16.0. The number of hydrogen-bond donors (Lipinski definition) is 5. The molecule has 0 spiro atoms. The fraction of sp³-hybridized carbons (Fsp3) is 0.244. The molecule has 3 aromatic carbocycles. The number of methoxy groups -OCH3 is 4. The topological polar surface area (TPSA) is 548 Å². The molecule has 682 valence electrons. The van der Waals surface area contributed by atoms with Crippen LogP contribution in [0.15, 0.2) is 170 Å². The van der Waals surface area contributed by atoms with Crippen molar-refractivity contribution in [1.29, 1.82) is 5.26 Å². The van der Waals surface area contributed by atoms with Gasteiger partial charge < -0.3 is 78.1 Å². The molecule has 4 fully saturated rings. The minimum absolute atomic E-state index is 0.0938. The smallest absolute Gasteiger partial charge is 0.311 e. The number of aromatic nitrogens is 20. The summed E-state index contributed by atoms with van der Waals surface area (Å²) in [6, 6.07) is 28.8. The van der Waals surface area contributed by atoms with Crippen molar-refractivity contribution in [1.82, 2.24) is 140 Å². The maximum atomic E-state index is 13.3. The number of benzene rings is 3. The molecule has 5 N–H and O–H groups in total. The summed E-state index contributed by atoms with van der Waals surface area (Å²) in [5.41, 5.74) is 5.94. The molecule has 15 heterocycles. The third-order valence-electron chi connectivity index (χ3n) is 23.0. The van der Waals surface area contributed by atoms with Crippen LogP contribution in [0.3, 0.4) is 0 Å². The Kier molecular flexibility index (Phi) is 26.7. The van der Waals surface area contributed by atoms with E-state index in [4.69, 9.17) is 18.9 Å².